The molecule has 0 radical (unpaired) electrons. The number of benzene rings is 2. The van der Waals surface area contributed by atoms with Crippen LogP contribution in [0.2, 0.25) is 0 Å². The maximum atomic E-state index is 13.8. The highest BCUT2D eigenvalue weighted by Crippen LogP contribution is 2.30. The van der Waals surface area contributed by atoms with Gasteiger partial charge in [0.25, 0.3) is 11.8 Å². The van der Waals surface area contributed by atoms with Gasteiger partial charge in [0.05, 0.1) is 27.4 Å². The van der Waals surface area contributed by atoms with Crippen LogP contribution in [0.5, 0.6) is 11.5 Å². The number of hydrogen-bond acceptors (Lipinski definition) is 10. The second-order valence-corrected chi connectivity index (χ2v) is 12.2. The van der Waals surface area contributed by atoms with Crippen LogP contribution >= 0.6 is 11.3 Å². The summed E-state index contributed by atoms with van der Waals surface area (Å²) < 4.78 is 43.3. The van der Waals surface area contributed by atoms with Crippen molar-refractivity contribution in [3.8, 4) is 11.5 Å². The van der Waals surface area contributed by atoms with E-state index in [4.69, 9.17) is 14.2 Å². The molecule has 0 aliphatic carbocycles. The quantitative estimate of drug-likeness (QED) is 0.250. The molecule has 0 spiro atoms. The number of nitrogens with one attached hydrogen (secondary N) is 1. The number of aryl methyl sites for hydroxylation is 1. The first kappa shape index (κ1) is 33.5. The Balaban J connectivity index is 1.79. The number of nitrogens with zero attached hydrogens (tertiary/aromatic N) is 3. The smallest absolute Gasteiger partial charge is 0.321 e. The van der Waals surface area contributed by atoms with Crippen LogP contribution in [0, 0.1) is 6.92 Å². The van der Waals surface area contributed by atoms with Crippen molar-refractivity contribution in [2.24, 2.45) is 0 Å². The number of carbonyl (C=O) groups excluding carboxylic acids is 3. The summed E-state index contributed by atoms with van der Waals surface area (Å²) in [5, 5.41) is 1.84. The lowest BCUT2D eigenvalue weighted by molar-refractivity contribution is -0.143. The van der Waals surface area contributed by atoms with Crippen LogP contribution in [0.15, 0.2) is 47.8 Å². The largest absolute Gasteiger partial charge is 0.496 e. The SMILES string of the molecule is CCOC(=O)CN(C)S(=O)(=O)NC(=O)c1csc(CN(CCCc2ccccc2)C(=O)c2cc(OC)c(C)c(OC)c2)n1. The van der Waals surface area contributed by atoms with Gasteiger partial charge in [0.2, 0.25) is 0 Å². The first-order valence-electron chi connectivity index (χ1n) is 13.4. The van der Waals surface area contributed by atoms with E-state index < -0.39 is 28.6 Å². The van der Waals surface area contributed by atoms with Crippen molar-refractivity contribution in [3.05, 3.63) is 75.2 Å². The van der Waals surface area contributed by atoms with Crippen LogP contribution in [-0.2, 0) is 32.7 Å². The molecule has 1 N–H and O–H groups in total. The zero-order chi connectivity index (χ0) is 31.6. The van der Waals surface area contributed by atoms with E-state index in [1.165, 1.54) is 19.6 Å². The molecule has 3 rings (SSSR count). The maximum Gasteiger partial charge on any atom is 0.321 e. The summed E-state index contributed by atoms with van der Waals surface area (Å²) in [6, 6.07) is 13.2. The molecule has 2 amide bonds. The predicted octanol–water partition coefficient (Wildman–Crippen LogP) is 3.21. The van der Waals surface area contributed by atoms with Gasteiger partial charge in [-0.3, -0.25) is 14.4 Å². The van der Waals surface area contributed by atoms with E-state index in [0.717, 1.165) is 35.9 Å². The van der Waals surface area contributed by atoms with Gasteiger partial charge in [-0.1, -0.05) is 30.3 Å². The highest BCUT2D eigenvalue weighted by molar-refractivity contribution is 7.87. The summed E-state index contributed by atoms with van der Waals surface area (Å²) in [6.07, 6.45) is 1.41. The number of carbonyl (C=O) groups is 3. The molecule has 1 heterocycles. The zero-order valence-electron chi connectivity index (χ0n) is 24.8. The fourth-order valence-corrected chi connectivity index (χ4v) is 5.69. The molecule has 0 bridgehead atoms. The van der Waals surface area contributed by atoms with Crippen LogP contribution in [0.25, 0.3) is 0 Å². The molecule has 0 fully saturated rings. The highest BCUT2D eigenvalue weighted by Gasteiger charge is 2.26. The Kier molecular flexibility index (Phi) is 12.0. The lowest BCUT2D eigenvalue weighted by atomic mass is 10.1. The van der Waals surface area contributed by atoms with Crippen molar-refractivity contribution >= 4 is 39.3 Å². The second kappa shape index (κ2) is 15.5. The van der Waals surface area contributed by atoms with Crippen LogP contribution in [0.3, 0.4) is 0 Å². The lowest BCUT2D eigenvalue weighted by Gasteiger charge is -2.23. The van der Waals surface area contributed by atoms with Gasteiger partial charge in [0.1, 0.15) is 28.7 Å². The molecular formula is C29H36N4O8S2. The van der Waals surface area contributed by atoms with Crippen molar-refractivity contribution in [2.75, 3.05) is 41.0 Å². The van der Waals surface area contributed by atoms with Crippen LogP contribution in [0.4, 0.5) is 0 Å². The van der Waals surface area contributed by atoms with Gasteiger partial charge in [-0.25, -0.2) is 9.71 Å². The van der Waals surface area contributed by atoms with E-state index in [2.05, 4.69) is 4.98 Å². The van der Waals surface area contributed by atoms with E-state index in [-0.39, 0.29) is 24.8 Å². The van der Waals surface area contributed by atoms with Gasteiger partial charge in [0, 0.05) is 30.1 Å². The molecule has 3 aromatic rings. The van der Waals surface area contributed by atoms with Gasteiger partial charge >= 0.3 is 16.2 Å². The van der Waals surface area contributed by atoms with Gasteiger partial charge in [-0.15, -0.1) is 11.3 Å². The Labute approximate surface area is 255 Å². The van der Waals surface area contributed by atoms with Gasteiger partial charge < -0.3 is 19.1 Å². The minimum Gasteiger partial charge on any atom is -0.496 e. The third kappa shape index (κ3) is 9.24. The number of rotatable bonds is 15. The fraction of sp³-hybridized carbons (Fsp3) is 0.379. The Bertz CT molecular complexity index is 1500. The Morgan fingerprint density at radius 2 is 1.70 bits per heavy atom. The average molecular weight is 633 g/mol. The number of aromatic nitrogens is 1. The summed E-state index contributed by atoms with van der Waals surface area (Å²) in [7, 11) is -0.147. The number of esters is 1. The fourth-order valence-electron chi connectivity index (χ4n) is 4.14. The molecule has 232 valence electrons. The standard InChI is InChI=1S/C29H36N4O8S2/c1-6-41-27(34)18-32(3)43(37,38)31-28(35)23-19-42-26(30-23)17-33(14-10-13-21-11-8-7-9-12-21)29(36)22-15-24(39-4)20(2)25(16-22)40-5/h7-9,11-12,15-16,19H,6,10,13-14,17-18H2,1-5H3,(H,31,35). The molecule has 0 atom stereocenters. The Hall–Kier alpha value is -4.01. The van der Waals surface area contributed by atoms with E-state index in [1.807, 2.05) is 42.0 Å². The lowest BCUT2D eigenvalue weighted by Crippen LogP contribution is -2.43. The highest BCUT2D eigenvalue weighted by atomic mass is 32.2. The number of hydrogen-bond donors (Lipinski definition) is 1. The van der Waals surface area contributed by atoms with Crippen LogP contribution < -0.4 is 14.2 Å². The summed E-state index contributed by atoms with van der Waals surface area (Å²) >= 11 is 1.12. The number of ether oxygens (including phenoxy) is 3. The summed E-state index contributed by atoms with van der Waals surface area (Å²) in [5.41, 5.74) is 2.12. The zero-order valence-corrected chi connectivity index (χ0v) is 26.4. The third-order valence-electron chi connectivity index (χ3n) is 6.42. The molecule has 43 heavy (non-hydrogen) atoms. The first-order chi connectivity index (χ1) is 20.5. The normalized spacial score (nSPS) is 11.2. The number of methoxy groups -OCH3 is 2. The summed E-state index contributed by atoms with van der Waals surface area (Å²) in [6.45, 7) is 3.44. The van der Waals surface area contributed by atoms with Gasteiger partial charge in [-0.2, -0.15) is 12.7 Å². The van der Waals surface area contributed by atoms with Crippen LogP contribution in [0.1, 0.15) is 50.3 Å². The van der Waals surface area contributed by atoms with E-state index in [0.29, 0.717) is 39.3 Å². The van der Waals surface area contributed by atoms with Gasteiger partial charge in [0.15, 0.2) is 0 Å². The topological polar surface area (TPSA) is 144 Å². The monoisotopic (exact) mass is 632 g/mol. The molecule has 0 aliphatic rings. The first-order valence-corrected chi connectivity index (χ1v) is 15.7. The summed E-state index contributed by atoms with van der Waals surface area (Å²) in [5.74, 6) is -0.981. The molecule has 2 aromatic carbocycles. The van der Waals surface area contributed by atoms with Crippen molar-refractivity contribution in [1.29, 1.82) is 0 Å². The van der Waals surface area contributed by atoms with E-state index in [9.17, 15) is 22.8 Å². The maximum absolute atomic E-state index is 13.8. The Morgan fingerprint density at radius 1 is 1.05 bits per heavy atom. The predicted molar refractivity (Wildman–Crippen MR) is 162 cm³/mol. The minimum absolute atomic E-state index is 0.0829. The molecule has 0 saturated heterocycles. The number of amides is 2. The molecule has 1 aromatic heterocycles. The molecule has 0 saturated carbocycles. The van der Waals surface area contributed by atoms with Crippen molar-refractivity contribution < 1.29 is 37.0 Å². The number of likely N-dealkylation sites (N-methyl/N-ethyl adjacent to an activating group) is 1. The molecular weight excluding hydrogens is 596 g/mol. The minimum atomic E-state index is -4.33. The molecule has 0 unspecified atom stereocenters. The summed E-state index contributed by atoms with van der Waals surface area (Å²) in [4.78, 5) is 44.1. The third-order valence-corrected chi connectivity index (χ3v) is 8.65. The van der Waals surface area contributed by atoms with Crippen molar-refractivity contribution in [2.45, 2.75) is 33.2 Å². The van der Waals surface area contributed by atoms with E-state index >= 15 is 0 Å². The van der Waals surface area contributed by atoms with E-state index in [1.54, 1.807) is 24.0 Å². The number of thiazole rings is 1. The van der Waals surface area contributed by atoms with Crippen LogP contribution in [-0.4, -0.2) is 81.4 Å². The van der Waals surface area contributed by atoms with Gasteiger partial charge in [-0.05, 0) is 44.4 Å². The average Bonchev–Trinajstić information content (AvgIpc) is 3.45. The van der Waals surface area contributed by atoms with Crippen molar-refractivity contribution in [1.82, 2.24) is 18.9 Å². The molecule has 0 aliphatic heterocycles. The van der Waals surface area contributed by atoms with Crippen molar-refractivity contribution in [3.63, 3.8) is 0 Å². The molecule has 12 nitrogen and oxygen atoms in total. The Morgan fingerprint density at radius 3 is 2.30 bits per heavy atom. The molecule has 14 heteroatoms. The second-order valence-electron chi connectivity index (χ2n) is 9.45.